The predicted molar refractivity (Wildman–Crippen MR) is 109 cm³/mol. The highest BCUT2D eigenvalue weighted by Gasteiger charge is 2.30. The molecule has 1 aromatic heterocycles. The van der Waals surface area contributed by atoms with Crippen molar-refractivity contribution in [1.29, 1.82) is 0 Å². The molecule has 9 heteroatoms. The molecule has 0 unspecified atom stereocenters. The number of halogens is 1. The summed E-state index contributed by atoms with van der Waals surface area (Å²) in [6.45, 7) is 5.39. The molecule has 0 saturated heterocycles. The van der Waals surface area contributed by atoms with Gasteiger partial charge in [-0.3, -0.25) is 9.59 Å². The lowest BCUT2D eigenvalue weighted by atomic mass is 10.2. The highest BCUT2D eigenvalue weighted by Crippen LogP contribution is 2.39. The first kappa shape index (κ1) is 21.3. The van der Waals surface area contributed by atoms with E-state index < -0.39 is 0 Å². The summed E-state index contributed by atoms with van der Waals surface area (Å²) in [6, 6.07) is 5.94. The topological polar surface area (TPSA) is 80.1 Å². The summed E-state index contributed by atoms with van der Waals surface area (Å²) in [5.74, 6) is 1.04. The lowest BCUT2D eigenvalue weighted by molar-refractivity contribution is -0.133. The number of nitrogens with zero attached hydrogens (tertiary/aromatic N) is 4. The van der Waals surface area contributed by atoms with Gasteiger partial charge in [0.15, 0.2) is 5.16 Å². The molecule has 1 heterocycles. The van der Waals surface area contributed by atoms with Crippen LogP contribution in [-0.2, 0) is 22.7 Å². The zero-order valence-electron chi connectivity index (χ0n) is 16.7. The van der Waals surface area contributed by atoms with Gasteiger partial charge in [0, 0.05) is 25.6 Å². The molecule has 1 aromatic carbocycles. The number of aromatic nitrogens is 3. The maximum absolute atomic E-state index is 12.9. The van der Waals surface area contributed by atoms with Crippen LogP contribution in [0.25, 0.3) is 0 Å². The molecule has 1 aliphatic carbocycles. The zero-order chi connectivity index (χ0) is 20.8. The molecule has 29 heavy (non-hydrogen) atoms. The molecule has 0 atom stereocenters. The van der Waals surface area contributed by atoms with Gasteiger partial charge in [0.05, 0.1) is 12.3 Å². The average molecular weight is 420 g/mol. The summed E-state index contributed by atoms with van der Waals surface area (Å²) in [5, 5.41) is 12.0. The Bertz CT molecular complexity index is 851. The van der Waals surface area contributed by atoms with E-state index in [4.69, 9.17) is 0 Å². The lowest BCUT2D eigenvalue weighted by Gasteiger charge is -2.20. The number of carbonyl (C=O) groups is 2. The molecule has 1 fully saturated rings. The zero-order valence-corrected chi connectivity index (χ0v) is 17.5. The van der Waals surface area contributed by atoms with Gasteiger partial charge < -0.3 is 14.8 Å². The number of amides is 2. The Labute approximate surface area is 174 Å². The van der Waals surface area contributed by atoms with Crippen molar-refractivity contribution in [3.63, 3.8) is 0 Å². The van der Waals surface area contributed by atoms with Crippen molar-refractivity contribution in [2.75, 3.05) is 18.8 Å². The Hall–Kier alpha value is -2.42. The van der Waals surface area contributed by atoms with Gasteiger partial charge >= 0.3 is 0 Å². The maximum atomic E-state index is 12.9. The van der Waals surface area contributed by atoms with Gasteiger partial charge in [-0.2, -0.15) is 0 Å². The van der Waals surface area contributed by atoms with E-state index in [1.165, 1.54) is 28.8 Å². The van der Waals surface area contributed by atoms with Gasteiger partial charge in [-0.25, -0.2) is 4.39 Å². The Morgan fingerprint density at radius 1 is 1.24 bits per heavy atom. The van der Waals surface area contributed by atoms with Crippen LogP contribution in [0, 0.1) is 5.82 Å². The molecule has 156 valence electrons. The number of rotatable bonds is 10. The van der Waals surface area contributed by atoms with Crippen LogP contribution in [0.3, 0.4) is 0 Å². The first-order valence-electron chi connectivity index (χ1n) is 9.86. The van der Waals surface area contributed by atoms with Crippen LogP contribution in [0.1, 0.15) is 44.0 Å². The predicted octanol–water partition coefficient (Wildman–Crippen LogP) is 2.57. The van der Waals surface area contributed by atoms with E-state index in [1.807, 2.05) is 13.8 Å². The van der Waals surface area contributed by atoms with Crippen LogP contribution < -0.4 is 5.32 Å². The summed E-state index contributed by atoms with van der Waals surface area (Å²) in [7, 11) is 0. The summed E-state index contributed by atoms with van der Waals surface area (Å²) in [5.41, 5.74) is 0.801. The fraction of sp³-hybridized carbons (Fsp3) is 0.500. The molecule has 3 rings (SSSR count). The van der Waals surface area contributed by atoms with E-state index >= 15 is 0 Å². The first-order valence-corrected chi connectivity index (χ1v) is 10.8. The van der Waals surface area contributed by atoms with Crippen LogP contribution in [0.2, 0.25) is 0 Å². The smallest absolute Gasteiger partial charge is 0.239 e. The third-order valence-corrected chi connectivity index (χ3v) is 5.75. The molecule has 1 aliphatic rings. The van der Waals surface area contributed by atoms with Gasteiger partial charge in [0.2, 0.25) is 11.8 Å². The number of carbonyl (C=O) groups excluding carboxylic acids is 2. The molecular formula is C20H26FN5O2S. The molecular weight excluding hydrogens is 393 g/mol. The number of thioether (sulfide) groups is 1. The van der Waals surface area contributed by atoms with Crippen molar-refractivity contribution in [2.24, 2.45) is 0 Å². The summed E-state index contributed by atoms with van der Waals surface area (Å²) >= 11 is 1.36. The largest absolute Gasteiger partial charge is 0.350 e. The summed E-state index contributed by atoms with van der Waals surface area (Å²) < 4.78 is 15.0. The summed E-state index contributed by atoms with van der Waals surface area (Å²) in [4.78, 5) is 26.3. The Morgan fingerprint density at radius 3 is 2.59 bits per heavy atom. The van der Waals surface area contributed by atoms with Crippen LogP contribution in [0.5, 0.6) is 0 Å². The van der Waals surface area contributed by atoms with Crippen LogP contribution >= 0.6 is 11.8 Å². The van der Waals surface area contributed by atoms with Gasteiger partial charge in [-0.05, 0) is 44.4 Å². The second-order valence-electron chi connectivity index (χ2n) is 6.96. The third kappa shape index (κ3) is 5.79. The van der Waals surface area contributed by atoms with Crippen molar-refractivity contribution in [2.45, 2.75) is 50.9 Å². The van der Waals surface area contributed by atoms with Crippen molar-refractivity contribution in [3.05, 3.63) is 41.5 Å². The normalized spacial score (nSPS) is 13.3. The van der Waals surface area contributed by atoms with Gasteiger partial charge in [0.1, 0.15) is 11.6 Å². The molecule has 1 saturated carbocycles. The molecule has 0 bridgehead atoms. The SMILES string of the molecule is CCN(CC(=O)NCc1ccc(F)cc1)C(=O)CSc1nnc(C2CC2)n1CC. The summed E-state index contributed by atoms with van der Waals surface area (Å²) in [6.07, 6.45) is 2.30. The van der Waals surface area contributed by atoms with Crippen molar-refractivity contribution >= 4 is 23.6 Å². The van der Waals surface area contributed by atoms with E-state index in [2.05, 4.69) is 20.1 Å². The van der Waals surface area contributed by atoms with E-state index in [-0.39, 0.29) is 29.9 Å². The number of nitrogens with one attached hydrogen (secondary N) is 1. The number of hydrogen-bond acceptors (Lipinski definition) is 5. The molecule has 0 spiro atoms. The molecule has 0 aliphatic heterocycles. The van der Waals surface area contributed by atoms with Crippen LogP contribution in [-0.4, -0.2) is 50.3 Å². The Kier molecular flexibility index (Phi) is 7.24. The molecule has 0 radical (unpaired) electrons. The third-order valence-electron chi connectivity index (χ3n) is 4.80. The molecule has 2 aromatic rings. The number of likely N-dealkylation sites (N-methyl/N-ethyl adjacent to an activating group) is 1. The van der Waals surface area contributed by atoms with Gasteiger partial charge in [-0.15, -0.1) is 10.2 Å². The van der Waals surface area contributed by atoms with Gasteiger partial charge in [-0.1, -0.05) is 23.9 Å². The monoisotopic (exact) mass is 419 g/mol. The van der Waals surface area contributed by atoms with Crippen LogP contribution in [0.15, 0.2) is 29.4 Å². The van der Waals surface area contributed by atoms with E-state index in [0.717, 1.165) is 35.9 Å². The second kappa shape index (κ2) is 9.87. The fourth-order valence-electron chi connectivity index (χ4n) is 2.97. The van der Waals surface area contributed by atoms with Crippen molar-refractivity contribution in [1.82, 2.24) is 25.0 Å². The van der Waals surface area contributed by atoms with Crippen molar-refractivity contribution in [3.8, 4) is 0 Å². The standard InChI is InChI=1S/C20H26FN5O2S/c1-3-25(12-17(27)22-11-14-5-9-16(21)10-6-14)18(28)13-29-20-24-23-19(15-7-8-15)26(20)4-2/h5-6,9-10,15H,3-4,7-8,11-13H2,1-2H3,(H,22,27). The fourth-order valence-corrected chi connectivity index (χ4v) is 3.89. The average Bonchev–Trinajstić information content (AvgIpc) is 3.49. The minimum atomic E-state index is -0.316. The van der Waals surface area contributed by atoms with E-state index in [9.17, 15) is 14.0 Å². The highest BCUT2D eigenvalue weighted by atomic mass is 32.2. The quantitative estimate of drug-likeness (QED) is 0.599. The second-order valence-corrected chi connectivity index (χ2v) is 7.90. The van der Waals surface area contributed by atoms with Crippen LogP contribution in [0.4, 0.5) is 4.39 Å². The minimum Gasteiger partial charge on any atom is -0.350 e. The highest BCUT2D eigenvalue weighted by molar-refractivity contribution is 7.99. The van der Waals surface area contributed by atoms with E-state index in [0.29, 0.717) is 19.0 Å². The first-order chi connectivity index (χ1) is 14.0. The number of benzene rings is 1. The number of hydrogen-bond donors (Lipinski definition) is 1. The minimum absolute atomic E-state index is 0.00905. The van der Waals surface area contributed by atoms with Gasteiger partial charge in [0.25, 0.3) is 0 Å². The molecule has 1 N–H and O–H groups in total. The lowest BCUT2D eigenvalue weighted by Crippen LogP contribution is -2.41. The van der Waals surface area contributed by atoms with E-state index in [1.54, 1.807) is 12.1 Å². The Balaban J connectivity index is 1.48. The van der Waals surface area contributed by atoms with Crippen molar-refractivity contribution < 1.29 is 14.0 Å². The maximum Gasteiger partial charge on any atom is 0.239 e. The molecule has 7 nitrogen and oxygen atoms in total. The molecule has 2 amide bonds. The Morgan fingerprint density at radius 2 is 1.97 bits per heavy atom.